The Kier molecular flexibility index (Phi) is 4.11. The summed E-state index contributed by atoms with van der Waals surface area (Å²) in [4.78, 5) is 12.2. The molecule has 0 radical (unpaired) electrons. The van der Waals surface area contributed by atoms with Crippen LogP contribution in [-0.4, -0.2) is 17.2 Å². The first-order valence-corrected chi connectivity index (χ1v) is 7.55. The van der Waals surface area contributed by atoms with Crippen molar-refractivity contribution in [2.75, 3.05) is 10.6 Å². The van der Waals surface area contributed by atoms with E-state index in [1.54, 1.807) is 0 Å². The highest BCUT2D eigenvalue weighted by molar-refractivity contribution is 6.00. The molecule has 3 rings (SSSR count). The number of rotatable bonds is 2. The Hall–Kier alpha value is -2.33. The van der Waals surface area contributed by atoms with Gasteiger partial charge in [0.1, 0.15) is 0 Å². The highest BCUT2D eigenvalue weighted by Gasteiger charge is 2.19. The van der Waals surface area contributed by atoms with Gasteiger partial charge in [-0.1, -0.05) is 24.3 Å². The number of aryl methyl sites for hydroxylation is 2. The van der Waals surface area contributed by atoms with Gasteiger partial charge in [0, 0.05) is 17.8 Å². The number of aliphatic hydroxyl groups is 1. The normalized spacial score (nSPS) is 16.7. The molecule has 0 spiro atoms. The number of hydrogen-bond acceptors (Lipinski definition) is 2. The van der Waals surface area contributed by atoms with Gasteiger partial charge in [-0.2, -0.15) is 0 Å². The second-order valence-electron chi connectivity index (χ2n) is 5.79. The predicted octanol–water partition coefficient (Wildman–Crippen LogP) is 3.49. The molecule has 22 heavy (non-hydrogen) atoms. The van der Waals surface area contributed by atoms with Crippen molar-refractivity contribution in [2.45, 2.75) is 32.3 Å². The van der Waals surface area contributed by atoms with Crippen LogP contribution in [0.5, 0.6) is 0 Å². The Morgan fingerprint density at radius 1 is 1.18 bits per heavy atom. The summed E-state index contributed by atoms with van der Waals surface area (Å²) >= 11 is 0. The number of carbonyl (C=O) groups is 1. The summed E-state index contributed by atoms with van der Waals surface area (Å²) in [5, 5.41) is 15.6. The lowest BCUT2D eigenvalue weighted by Crippen LogP contribution is -2.24. The first-order chi connectivity index (χ1) is 10.6. The van der Waals surface area contributed by atoms with Crippen molar-refractivity contribution in [3.05, 3.63) is 59.2 Å². The zero-order valence-electron chi connectivity index (χ0n) is 12.6. The lowest BCUT2D eigenvalue weighted by molar-refractivity contribution is 0.159. The van der Waals surface area contributed by atoms with Crippen LogP contribution < -0.4 is 10.6 Å². The third kappa shape index (κ3) is 3.28. The Labute approximate surface area is 130 Å². The van der Waals surface area contributed by atoms with Gasteiger partial charge in [0.05, 0.1) is 6.10 Å². The number of carbonyl (C=O) groups excluding carboxylic acids is 1. The molecule has 2 aromatic rings. The summed E-state index contributed by atoms with van der Waals surface area (Å²) in [5.74, 6) is 0. The molecule has 1 aliphatic carbocycles. The predicted molar refractivity (Wildman–Crippen MR) is 88.3 cm³/mol. The molecule has 1 unspecified atom stereocenters. The second-order valence-corrected chi connectivity index (χ2v) is 5.79. The van der Waals surface area contributed by atoms with Gasteiger partial charge in [0.15, 0.2) is 0 Å². The van der Waals surface area contributed by atoms with Gasteiger partial charge in [-0.15, -0.1) is 0 Å². The van der Waals surface area contributed by atoms with E-state index in [9.17, 15) is 9.90 Å². The molecule has 1 atom stereocenters. The first kappa shape index (κ1) is 14.6. The molecule has 0 aliphatic heterocycles. The first-order valence-electron chi connectivity index (χ1n) is 7.55. The van der Waals surface area contributed by atoms with E-state index in [-0.39, 0.29) is 12.1 Å². The SMILES string of the molecule is Cc1cccc(NC(=O)Nc2cccc3c2CC(O)CC3)c1. The Bertz CT molecular complexity index is 697. The van der Waals surface area contributed by atoms with E-state index in [4.69, 9.17) is 0 Å². The van der Waals surface area contributed by atoms with Crippen molar-refractivity contribution in [2.24, 2.45) is 0 Å². The van der Waals surface area contributed by atoms with E-state index in [0.29, 0.717) is 6.42 Å². The monoisotopic (exact) mass is 296 g/mol. The maximum absolute atomic E-state index is 12.2. The van der Waals surface area contributed by atoms with Gasteiger partial charge >= 0.3 is 6.03 Å². The van der Waals surface area contributed by atoms with E-state index in [1.807, 2.05) is 43.3 Å². The van der Waals surface area contributed by atoms with Crippen LogP contribution in [0.25, 0.3) is 0 Å². The Morgan fingerprint density at radius 3 is 2.82 bits per heavy atom. The fraction of sp³-hybridized carbons (Fsp3) is 0.278. The standard InChI is InChI=1S/C18H20N2O2/c1-12-4-2-6-14(10-12)19-18(22)20-17-7-3-5-13-8-9-15(21)11-16(13)17/h2-7,10,15,21H,8-9,11H2,1H3,(H2,19,20,22). The molecular formula is C18H20N2O2. The van der Waals surface area contributed by atoms with Gasteiger partial charge < -0.3 is 15.7 Å². The van der Waals surface area contributed by atoms with Crippen LogP contribution in [0.15, 0.2) is 42.5 Å². The molecule has 114 valence electrons. The fourth-order valence-corrected chi connectivity index (χ4v) is 2.89. The van der Waals surface area contributed by atoms with Gasteiger partial charge in [-0.05, 0) is 54.7 Å². The fourth-order valence-electron chi connectivity index (χ4n) is 2.89. The van der Waals surface area contributed by atoms with E-state index in [1.165, 1.54) is 5.56 Å². The van der Waals surface area contributed by atoms with Gasteiger partial charge in [0.2, 0.25) is 0 Å². The van der Waals surface area contributed by atoms with Crippen molar-refractivity contribution in [1.82, 2.24) is 0 Å². The van der Waals surface area contributed by atoms with Crippen molar-refractivity contribution in [3.63, 3.8) is 0 Å². The van der Waals surface area contributed by atoms with Gasteiger partial charge in [-0.25, -0.2) is 4.79 Å². The quantitative estimate of drug-likeness (QED) is 0.794. The van der Waals surface area contributed by atoms with Crippen LogP contribution in [0.2, 0.25) is 0 Å². The number of urea groups is 1. The number of aliphatic hydroxyl groups excluding tert-OH is 1. The number of fused-ring (bicyclic) bond motifs is 1. The Morgan fingerprint density at radius 2 is 2.00 bits per heavy atom. The third-order valence-electron chi connectivity index (χ3n) is 3.98. The van der Waals surface area contributed by atoms with Gasteiger partial charge in [0.25, 0.3) is 0 Å². The number of amides is 2. The molecule has 4 nitrogen and oxygen atoms in total. The summed E-state index contributed by atoms with van der Waals surface area (Å²) in [6.45, 7) is 1.98. The lowest BCUT2D eigenvalue weighted by Gasteiger charge is -2.23. The minimum absolute atomic E-state index is 0.265. The average Bonchev–Trinajstić information content (AvgIpc) is 2.48. The molecular weight excluding hydrogens is 276 g/mol. The number of anilines is 2. The third-order valence-corrected chi connectivity index (χ3v) is 3.98. The maximum Gasteiger partial charge on any atom is 0.323 e. The number of nitrogens with one attached hydrogen (secondary N) is 2. The second kappa shape index (κ2) is 6.20. The summed E-state index contributed by atoms with van der Waals surface area (Å²) in [7, 11) is 0. The van der Waals surface area contributed by atoms with Crippen molar-refractivity contribution in [3.8, 4) is 0 Å². The molecule has 0 saturated carbocycles. The minimum atomic E-state index is -0.324. The smallest absolute Gasteiger partial charge is 0.323 e. The summed E-state index contributed by atoms with van der Waals surface area (Å²) < 4.78 is 0. The topological polar surface area (TPSA) is 61.4 Å². The van der Waals surface area contributed by atoms with Crippen LogP contribution in [0.4, 0.5) is 16.2 Å². The molecule has 2 amide bonds. The van der Waals surface area contributed by atoms with E-state index >= 15 is 0 Å². The van der Waals surface area contributed by atoms with Crippen LogP contribution >= 0.6 is 0 Å². The van der Waals surface area contributed by atoms with Crippen LogP contribution in [-0.2, 0) is 12.8 Å². The molecule has 4 heteroatoms. The van der Waals surface area contributed by atoms with E-state index < -0.39 is 0 Å². The molecule has 1 aliphatic rings. The van der Waals surface area contributed by atoms with Crippen LogP contribution in [0.3, 0.4) is 0 Å². The van der Waals surface area contributed by atoms with E-state index in [2.05, 4.69) is 16.7 Å². The summed E-state index contributed by atoms with van der Waals surface area (Å²) in [6.07, 6.45) is 1.91. The van der Waals surface area contributed by atoms with Crippen molar-refractivity contribution < 1.29 is 9.90 Å². The highest BCUT2D eigenvalue weighted by atomic mass is 16.3. The van der Waals surface area contributed by atoms with Crippen LogP contribution in [0, 0.1) is 6.92 Å². The molecule has 0 fully saturated rings. The number of benzene rings is 2. The molecule has 0 saturated heterocycles. The lowest BCUT2D eigenvalue weighted by atomic mass is 9.88. The zero-order valence-corrected chi connectivity index (χ0v) is 12.6. The summed E-state index contributed by atoms with van der Waals surface area (Å²) in [5.41, 5.74) is 4.89. The van der Waals surface area contributed by atoms with Crippen LogP contribution in [0.1, 0.15) is 23.1 Å². The molecule has 0 bridgehead atoms. The highest BCUT2D eigenvalue weighted by Crippen LogP contribution is 2.28. The maximum atomic E-state index is 12.2. The molecule has 0 heterocycles. The van der Waals surface area contributed by atoms with Gasteiger partial charge in [-0.3, -0.25) is 0 Å². The van der Waals surface area contributed by atoms with Crippen molar-refractivity contribution >= 4 is 17.4 Å². The Balaban J connectivity index is 1.74. The van der Waals surface area contributed by atoms with E-state index in [0.717, 1.165) is 35.3 Å². The zero-order chi connectivity index (χ0) is 15.5. The largest absolute Gasteiger partial charge is 0.393 e. The molecule has 0 aromatic heterocycles. The average molecular weight is 296 g/mol. The van der Waals surface area contributed by atoms with Crippen molar-refractivity contribution in [1.29, 1.82) is 0 Å². The number of hydrogen-bond donors (Lipinski definition) is 3. The molecule has 3 N–H and O–H groups in total. The summed E-state index contributed by atoms with van der Waals surface area (Å²) in [6, 6.07) is 13.3. The molecule has 2 aromatic carbocycles. The minimum Gasteiger partial charge on any atom is -0.393 e.